The Morgan fingerprint density at radius 3 is 2.67 bits per heavy atom. The summed E-state index contributed by atoms with van der Waals surface area (Å²) >= 11 is 0. The average Bonchev–Trinajstić information content (AvgIpc) is 3.61. The predicted molar refractivity (Wildman–Crippen MR) is 150 cm³/mol. The van der Waals surface area contributed by atoms with Crippen LogP contribution in [0.4, 0.5) is 17.5 Å². The maximum atomic E-state index is 12.2. The van der Waals surface area contributed by atoms with Gasteiger partial charge in [-0.3, -0.25) is 19.6 Å². The van der Waals surface area contributed by atoms with Crippen molar-refractivity contribution in [2.75, 3.05) is 17.2 Å². The molecule has 0 spiro atoms. The standard InChI is InChI=1S/C28H25N9O3/c1-2-37-23-14-18(11-12-19(23)26(39)35-37)31-28-30-15-20(27-33-25(36-40-27)21-10-6-7-13-29-21)24(34-28)32-22(16-38)17-8-4-3-5-9-17/h3-15,22,38H,2,16H2,1H3,(H,35,39)(H2,30,31,32,34)/t22-/m1/s1. The number of fused-ring (bicyclic) bond motifs is 1. The highest BCUT2D eigenvalue weighted by Crippen LogP contribution is 2.31. The lowest BCUT2D eigenvalue weighted by molar-refractivity contribution is 0.276. The molecule has 2 aromatic carbocycles. The smallest absolute Gasteiger partial charge is 0.271 e. The quantitative estimate of drug-likeness (QED) is 0.212. The van der Waals surface area contributed by atoms with Crippen LogP contribution in [0.15, 0.2) is 88.4 Å². The van der Waals surface area contributed by atoms with E-state index in [1.54, 1.807) is 41.3 Å². The summed E-state index contributed by atoms with van der Waals surface area (Å²) in [6.07, 6.45) is 3.22. The third-order valence-corrected chi connectivity index (χ3v) is 6.38. The Morgan fingerprint density at radius 1 is 1.05 bits per heavy atom. The van der Waals surface area contributed by atoms with Crippen LogP contribution in [0, 0.1) is 0 Å². The lowest BCUT2D eigenvalue weighted by Crippen LogP contribution is -2.17. The van der Waals surface area contributed by atoms with E-state index in [1.165, 1.54) is 0 Å². The summed E-state index contributed by atoms with van der Waals surface area (Å²) in [5, 5.41) is 24.2. The Hall–Kier alpha value is -5.36. The number of aryl methyl sites for hydroxylation is 1. The molecule has 40 heavy (non-hydrogen) atoms. The number of aromatic amines is 1. The first kappa shape index (κ1) is 24.9. The summed E-state index contributed by atoms with van der Waals surface area (Å²) < 4.78 is 7.34. The molecule has 0 bridgehead atoms. The second kappa shape index (κ2) is 10.8. The highest BCUT2D eigenvalue weighted by Gasteiger charge is 2.21. The molecule has 0 aliphatic rings. The summed E-state index contributed by atoms with van der Waals surface area (Å²) in [5.41, 5.74) is 3.22. The van der Waals surface area contributed by atoms with Gasteiger partial charge in [0.05, 0.1) is 23.6 Å². The molecule has 0 aliphatic heterocycles. The molecule has 0 fully saturated rings. The van der Waals surface area contributed by atoms with Gasteiger partial charge in [0.1, 0.15) is 17.1 Å². The molecular weight excluding hydrogens is 510 g/mol. The summed E-state index contributed by atoms with van der Waals surface area (Å²) in [5.74, 6) is 1.19. The Morgan fingerprint density at radius 2 is 1.90 bits per heavy atom. The molecule has 0 aliphatic carbocycles. The van der Waals surface area contributed by atoms with Crippen molar-refractivity contribution in [3.8, 4) is 23.0 Å². The number of anilines is 3. The first-order valence-corrected chi connectivity index (χ1v) is 12.7. The molecule has 12 nitrogen and oxygen atoms in total. The fraction of sp³-hybridized carbons (Fsp3) is 0.143. The molecule has 1 atom stereocenters. The van der Waals surface area contributed by atoms with Crippen LogP contribution in [0.2, 0.25) is 0 Å². The Labute approximate surface area is 227 Å². The second-order valence-corrected chi connectivity index (χ2v) is 8.93. The van der Waals surface area contributed by atoms with Crippen molar-refractivity contribution < 1.29 is 9.63 Å². The van der Waals surface area contributed by atoms with E-state index in [0.717, 1.165) is 11.1 Å². The summed E-state index contributed by atoms with van der Waals surface area (Å²) in [6.45, 7) is 2.39. The van der Waals surface area contributed by atoms with Gasteiger partial charge in [-0.1, -0.05) is 41.6 Å². The van der Waals surface area contributed by atoms with Crippen LogP contribution >= 0.6 is 0 Å². The lowest BCUT2D eigenvalue weighted by atomic mass is 10.1. The van der Waals surface area contributed by atoms with E-state index in [1.807, 2.05) is 49.4 Å². The van der Waals surface area contributed by atoms with E-state index in [9.17, 15) is 9.90 Å². The zero-order valence-electron chi connectivity index (χ0n) is 21.4. The predicted octanol–water partition coefficient (Wildman–Crippen LogP) is 4.14. The van der Waals surface area contributed by atoms with Crippen LogP contribution in [0.1, 0.15) is 18.5 Å². The van der Waals surface area contributed by atoms with Crippen LogP contribution in [0.3, 0.4) is 0 Å². The summed E-state index contributed by atoms with van der Waals surface area (Å²) in [6, 6.07) is 19.9. The zero-order chi connectivity index (χ0) is 27.5. The van der Waals surface area contributed by atoms with Crippen LogP contribution in [0.25, 0.3) is 33.9 Å². The number of hydrogen-bond donors (Lipinski definition) is 4. The first-order chi connectivity index (χ1) is 19.6. The number of nitrogens with zero attached hydrogens (tertiary/aromatic N) is 6. The molecule has 4 aromatic heterocycles. The second-order valence-electron chi connectivity index (χ2n) is 8.93. The number of aromatic nitrogens is 7. The van der Waals surface area contributed by atoms with Gasteiger partial charge in [-0.15, -0.1) is 0 Å². The molecule has 200 valence electrons. The number of pyridine rings is 1. The summed E-state index contributed by atoms with van der Waals surface area (Å²) in [4.78, 5) is 30.2. The molecule has 6 rings (SSSR count). The summed E-state index contributed by atoms with van der Waals surface area (Å²) in [7, 11) is 0. The van der Waals surface area contributed by atoms with Crippen LogP contribution < -0.4 is 16.2 Å². The van der Waals surface area contributed by atoms with Crippen LogP contribution in [0.5, 0.6) is 0 Å². The minimum absolute atomic E-state index is 0.143. The van der Waals surface area contributed by atoms with Gasteiger partial charge in [-0.05, 0) is 42.8 Å². The van der Waals surface area contributed by atoms with Gasteiger partial charge in [0.2, 0.25) is 11.8 Å². The van der Waals surface area contributed by atoms with Gasteiger partial charge in [-0.25, -0.2) is 4.98 Å². The maximum Gasteiger partial charge on any atom is 0.271 e. The minimum Gasteiger partial charge on any atom is -0.394 e. The molecule has 0 saturated carbocycles. The van der Waals surface area contributed by atoms with Gasteiger partial charge >= 0.3 is 0 Å². The van der Waals surface area contributed by atoms with E-state index in [-0.39, 0.29) is 18.1 Å². The molecule has 0 unspecified atom stereocenters. The first-order valence-electron chi connectivity index (χ1n) is 12.7. The van der Waals surface area contributed by atoms with Gasteiger partial charge in [0.25, 0.3) is 11.4 Å². The normalized spacial score (nSPS) is 11.9. The number of rotatable bonds is 9. The molecular formula is C28H25N9O3. The molecule has 6 aromatic rings. The van der Waals surface area contributed by atoms with Crippen molar-refractivity contribution in [3.05, 3.63) is 95.0 Å². The van der Waals surface area contributed by atoms with Crippen LogP contribution in [-0.4, -0.2) is 46.6 Å². The number of hydrogen-bond acceptors (Lipinski definition) is 10. The average molecular weight is 536 g/mol. The Balaban J connectivity index is 1.38. The molecule has 0 saturated heterocycles. The number of nitrogens with one attached hydrogen (secondary N) is 3. The van der Waals surface area contributed by atoms with Crippen molar-refractivity contribution in [1.82, 2.24) is 34.9 Å². The minimum atomic E-state index is -0.462. The van der Waals surface area contributed by atoms with E-state index in [0.29, 0.717) is 46.5 Å². The molecule has 12 heteroatoms. The van der Waals surface area contributed by atoms with Crippen molar-refractivity contribution in [2.45, 2.75) is 19.5 Å². The Bertz CT molecular complexity index is 1810. The van der Waals surface area contributed by atoms with Gasteiger partial charge in [0.15, 0.2) is 0 Å². The SMILES string of the molecule is CCn1[nH]c(=O)c2ccc(Nc3ncc(-c4nc(-c5ccccn5)no4)c(N[C@H](CO)c4ccccc4)n3)cc21. The number of aliphatic hydroxyl groups is 1. The van der Waals surface area contributed by atoms with Gasteiger partial charge in [0, 0.05) is 24.6 Å². The van der Waals surface area contributed by atoms with E-state index in [2.05, 4.69) is 35.8 Å². The monoisotopic (exact) mass is 535 g/mol. The molecule has 4 heterocycles. The number of H-pyrrole nitrogens is 1. The lowest BCUT2D eigenvalue weighted by Gasteiger charge is -2.19. The third kappa shape index (κ3) is 4.90. The van der Waals surface area contributed by atoms with E-state index < -0.39 is 6.04 Å². The topological polar surface area (TPSA) is 160 Å². The largest absolute Gasteiger partial charge is 0.394 e. The number of benzene rings is 2. The third-order valence-electron chi connectivity index (χ3n) is 6.38. The van der Waals surface area contributed by atoms with Gasteiger partial charge < -0.3 is 20.3 Å². The Kier molecular flexibility index (Phi) is 6.73. The van der Waals surface area contributed by atoms with Gasteiger partial charge in [-0.2, -0.15) is 9.97 Å². The highest BCUT2D eigenvalue weighted by atomic mass is 16.5. The molecule has 0 radical (unpaired) electrons. The van der Waals surface area contributed by atoms with Crippen molar-refractivity contribution >= 4 is 28.4 Å². The fourth-order valence-corrected chi connectivity index (χ4v) is 4.37. The number of aliphatic hydroxyl groups excluding tert-OH is 1. The van der Waals surface area contributed by atoms with E-state index in [4.69, 9.17) is 9.51 Å². The van der Waals surface area contributed by atoms with E-state index >= 15 is 0 Å². The molecule has 0 amide bonds. The zero-order valence-corrected chi connectivity index (χ0v) is 21.4. The highest BCUT2D eigenvalue weighted by molar-refractivity contribution is 5.83. The van der Waals surface area contributed by atoms with Crippen molar-refractivity contribution in [2.24, 2.45) is 0 Å². The van der Waals surface area contributed by atoms with Crippen molar-refractivity contribution in [1.29, 1.82) is 0 Å². The maximum absolute atomic E-state index is 12.2. The fourth-order valence-electron chi connectivity index (χ4n) is 4.37. The van der Waals surface area contributed by atoms with Crippen LogP contribution in [-0.2, 0) is 6.54 Å². The molecule has 4 N–H and O–H groups in total. The van der Waals surface area contributed by atoms with Crippen molar-refractivity contribution in [3.63, 3.8) is 0 Å².